The van der Waals surface area contributed by atoms with Gasteiger partial charge in [-0.05, 0) is 55.2 Å². The van der Waals surface area contributed by atoms with Crippen LogP contribution in [0, 0.1) is 12.3 Å². The van der Waals surface area contributed by atoms with Gasteiger partial charge >= 0.3 is 0 Å². The third-order valence-corrected chi connectivity index (χ3v) is 4.05. The van der Waals surface area contributed by atoms with Gasteiger partial charge in [0, 0.05) is 11.1 Å². The summed E-state index contributed by atoms with van der Waals surface area (Å²) in [5, 5.41) is 0.904. The van der Waals surface area contributed by atoms with Crippen molar-refractivity contribution in [3.8, 4) is 0 Å². The topological polar surface area (TPSA) is 26.0 Å². The van der Waals surface area contributed by atoms with Crippen molar-refractivity contribution in [3.05, 3.63) is 34.3 Å². The molecule has 0 amide bonds. The number of rotatable bonds is 2. The first-order valence-electron chi connectivity index (χ1n) is 5.99. The molecule has 2 heteroatoms. The van der Waals surface area contributed by atoms with E-state index >= 15 is 0 Å². The molecule has 0 bridgehead atoms. The van der Waals surface area contributed by atoms with E-state index in [-0.39, 0.29) is 0 Å². The molecule has 1 nitrogen and oxygen atoms in total. The van der Waals surface area contributed by atoms with Crippen LogP contribution in [0.3, 0.4) is 0 Å². The number of benzene rings is 1. The Morgan fingerprint density at radius 1 is 1.50 bits per heavy atom. The molecule has 0 radical (unpaired) electrons. The van der Waals surface area contributed by atoms with E-state index in [1.54, 1.807) is 0 Å². The summed E-state index contributed by atoms with van der Waals surface area (Å²) in [6, 6.07) is 6.73. The van der Waals surface area contributed by atoms with Gasteiger partial charge < -0.3 is 5.73 Å². The van der Waals surface area contributed by atoms with E-state index in [0.717, 1.165) is 24.3 Å². The van der Waals surface area contributed by atoms with E-state index < -0.39 is 0 Å². The fraction of sp³-hybridized carbons (Fsp3) is 0.571. The monoisotopic (exact) mass is 237 g/mol. The maximum Gasteiger partial charge on any atom is 0.0440 e. The lowest BCUT2D eigenvalue weighted by molar-refractivity contribution is 0.329. The zero-order chi connectivity index (χ0) is 11.8. The van der Waals surface area contributed by atoms with E-state index in [1.807, 2.05) is 0 Å². The van der Waals surface area contributed by atoms with Gasteiger partial charge in [-0.1, -0.05) is 30.7 Å². The summed E-state index contributed by atoms with van der Waals surface area (Å²) in [6.45, 7) is 4.40. The number of aryl methyl sites for hydroxylation is 1. The maximum absolute atomic E-state index is 6.28. The first kappa shape index (κ1) is 11.9. The highest BCUT2D eigenvalue weighted by atomic mass is 35.5. The third-order valence-electron chi connectivity index (χ3n) is 3.70. The molecule has 0 saturated heterocycles. The molecular formula is C14H20ClN. The largest absolute Gasteiger partial charge is 0.328 e. The first-order valence-corrected chi connectivity index (χ1v) is 6.37. The summed E-state index contributed by atoms with van der Waals surface area (Å²) in [7, 11) is 0. The normalized spacial score (nSPS) is 29.6. The van der Waals surface area contributed by atoms with Crippen LogP contribution in [-0.2, 0) is 6.42 Å². The molecular weight excluding hydrogens is 218 g/mol. The lowest BCUT2D eigenvalue weighted by Gasteiger charge is -2.24. The Labute approximate surface area is 103 Å². The number of nitrogens with two attached hydrogens (primary N) is 1. The van der Waals surface area contributed by atoms with Gasteiger partial charge in [0.15, 0.2) is 0 Å². The standard InChI is InChI=1S/C14H20ClN/c1-10-3-4-11(13(15)7-10)8-14(2)6-5-12(16)9-14/h3-4,7,12H,5-6,8-9,16H2,1-2H3. The van der Waals surface area contributed by atoms with Crippen LogP contribution in [0.25, 0.3) is 0 Å². The highest BCUT2D eigenvalue weighted by molar-refractivity contribution is 6.31. The molecule has 2 unspecified atom stereocenters. The molecule has 2 atom stereocenters. The zero-order valence-electron chi connectivity index (χ0n) is 10.1. The average molecular weight is 238 g/mol. The lowest BCUT2D eigenvalue weighted by Crippen LogP contribution is -2.21. The zero-order valence-corrected chi connectivity index (χ0v) is 10.8. The van der Waals surface area contributed by atoms with Crippen molar-refractivity contribution in [3.63, 3.8) is 0 Å². The van der Waals surface area contributed by atoms with Crippen molar-refractivity contribution < 1.29 is 0 Å². The quantitative estimate of drug-likeness (QED) is 0.834. The number of hydrogen-bond donors (Lipinski definition) is 1. The second-order valence-corrected chi connectivity index (χ2v) is 5.99. The highest BCUT2D eigenvalue weighted by Crippen LogP contribution is 2.41. The van der Waals surface area contributed by atoms with Crippen molar-refractivity contribution in [1.82, 2.24) is 0 Å². The summed E-state index contributed by atoms with van der Waals surface area (Å²) in [6.07, 6.45) is 4.55. The molecule has 0 aliphatic heterocycles. The molecule has 16 heavy (non-hydrogen) atoms. The van der Waals surface area contributed by atoms with Crippen LogP contribution in [0.1, 0.15) is 37.3 Å². The summed E-state index contributed by atoms with van der Waals surface area (Å²) in [5.41, 5.74) is 8.83. The minimum absolute atomic E-state index is 0.346. The second-order valence-electron chi connectivity index (χ2n) is 5.59. The fourth-order valence-electron chi connectivity index (χ4n) is 2.79. The SMILES string of the molecule is Cc1ccc(CC2(C)CCC(N)C2)c(Cl)c1. The Balaban J connectivity index is 2.14. The van der Waals surface area contributed by atoms with Gasteiger partial charge in [0.05, 0.1) is 0 Å². The molecule has 1 saturated carbocycles. The first-order chi connectivity index (χ1) is 7.48. The maximum atomic E-state index is 6.28. The molecule has 1 aliphatic rings. The Hall–Kier alpha value is -0.530. The predicted molar refractivity (Wildman–Crippen MR) is 69.8 cm³/mol. The van der Waals surface area contributed by atoms with E-state index in [4.69, 9.17) is 17.3 Å². The van der Waals surface area contributed by atoms with Crippen molar-refractivity contribution in [2.24, 2.45) is 11.1 Å². The van der Waals surface area contributed by atoms with Gasteiger partial charge in [0.1, 0.15) is 0 Å². The number of halogens is 1. The van der Waals surface area contributed by atoms with Crippen LogP contribution in [0.4, 0.5) is 0 Å². The molecule has 1 fully saturated rings. The Kier molecular flexibility index (Phi) is 3.27. The Morgan fingerprint density at radius 3 is 2.81 bits per heavy atom. The average Bonchev–Trinajstić information content (AvgIpc) is 2.52. The smallest absolute Gasteiger partial charge is 0.0440 e. The van der Waals surface area contributed by atoms with Crippen LogP contribution in [-0.4, -0.2) is 6.04 Å². The summed E-state index contributed by atoms with van der Waals surface area (Å²) < 4.78 is 0. The molecule has 2 N–H and O–H groups in total. The Morgan fingerprint density at radius 2 is 2.25 bits per heavy atom. The van der Waals surface area contributed by atoms with Crippen LogP contribution in [0.5, 0.6) is 0 Å². The van der Waals surface area contributed by atoms with Gasteiger partial charge in [-0.3, -0.25) is 0 Å². The van der Waals surface area contributed by atoms with E-state index in [9.17, 15) is 0 Å². The van der Waals surface area contributed by atoms with Crippen LogP contribution >= 0.6 is 11.6 Å². The molecule has 2 rings (SSSR count). The molecule has 1 aromatic rings. The molecule has 0 spiro atoms. The fourth-order valence-corrected chi connectivity index (χ4v) is 3.09. The summed E-state index contributed by atoms with van der Waals surface area (Å²) >= 11 is 6.28. The van der Waals surface area contributed by atoms with Crippen LogP contribution in [0.15, 0.2) is 18.2 Å². The van der Waals surface area contributed by atoms with Crippen LogP contribution < -0.4 is 5.73 Å². The summed E-state index contributed by atoms with van der Waals surface area (Å²) in [4.78, 5) is 0. The highest BCUT2D eigenvalue weighted by Gasteiger charge is 2.33. The lowest BCUT2D eigenvalue weighted by atomic mass is 9.82. The van der Waals surface area contributed by atoms with Gasteiger partial charge in [-0.15, -0.1) is 0 Å². The molecule has 0 heterocycles. The van der Waals surface area contributed by atoms with Crippen molar-refractivity contribution in [2.45, 2.75) is 45.6 Å². The van der Waals surface area contributed by atoms with Gasteiger partial charge in [-0.25, -0.2) is 0 Å². The minimum atomic E-state index is 0.346. The Bertz CT molecular complexity index is 388. The second kappa shape index (κ2) is 4.38. The third kappa shape index (κ3) is 2.58. The van der Waals surface area contributed by atoms with Crippen molar-refractivity contribution in [2.75, 3.05) is 0 Å². The van der Waals surface area contributed by atoms with Crippen LogP contribution in [0.2, 0.25) is 5.02 Å². The van der Waals surface area contributed by atoms with E-state index in [0.29, 0.717) is 11.5 Å². The molecule has 1 aromatic carbocycles. The van der Waals surface area contributed by atoms with E-state index in [2.05, 4.69) is 32.0 Å². The van der Waals surface area contributed by atoms with Gasteiger partial charge in [0.25, 0.3) is 0 Å². The minimum Gasteiger partial charge on any atom is -0.328 e. The summed E-state index contributed by atoms with van der Waals surface area (Å²) in [5.74, 6) is 0. The molecule has 88 valence electrons. The molecule has 1 aliphatic carbocycles. The number of hydrogen-bond acceptors (Lipinski definition) is 1. The van der Waals surface area contributed by atoms with Gasteiger partial charge in [0.2, 0.25) is 0 Å². The predicted octanol–water partition coefficient (Wildman–Crippen LogP) is 3.71. The molecule has 0 aromatic heterocycles. The van der Waals surface area contributed by atoms with Gasteiger partial charge in [-0.2, -0.15) is 0 Å². The van der Waals surface area contributed by atoms with E-state index in [1.165, 1.54) is 17.5 Å². The van der Waals surface area contributed by atoms with Crippen molar-refractivity contribution >= 4 is 11.6 Å². The van der Waals surface area contributed by atoms with Crippen molar-refractivity contribution in [1.29, 1.82) is 0 Å².